The molecule has 0 N–H and O–H groups in total. The van der Waals surface area contributed by atoms with Gasteiger partial charge in [0, 0.05) is 66.7 Å². The van der Waals surface area contributed by atoms with Crippen LogP contribution in [0, 0.1) is 0 Å². The number of fused-ring (bicyclic) bond motifs is 2. The average Bonchev–Trinajstić information content (AvgIpc) is 3.71. The summed E-state index contributed by atoms with van der Waals surface area (Å²) < 4.78 is 84.1. The number of rotatable bonds is 4. The molecule has 0 saturated carbocycles. The van der Waals surface area contributed by atoms with Crippen molar-refractivity contribution in [2.24, 2.45) is 0 Å². The Morgan fingerprint density at radius 1 is 0.875 bits per heavy atom. The van der Waals surface area contributed by atoms with Crippen LogP contribution in [-0.4, -0.2) is 57.0 Å². The quantitative estimate of drug-likeness (QED) is 0.203. The number of aryl methyl sites for hydroxylation is 2. The Morgan fingerprint density at radius 2 is 1.58 bits per heavy atom. The topological polar surface area (TPSA) is 41.4 Å². The summed E-state index contributed by atoms with van der Waals surface area (Å²) >= 11 is 1.76. The van der Waals surface area contributed by atoms with Gasteiger partial charge in [-0.25, -0.2) is 4.98 Å². The Morgan fingerprint density at radius 3 is 2.27 bits per heavy atom. The maximum Gasteiger partial charge on any atom is 0.416 e. The normalized spacial score (nSPS) is 20.8. The summed E-state index contributed by atoms with van der Waals surface area (Å²) in [4.78, 5) is 23.8. The molecule has 5 heterocycles. The first-order valence-electron chi connectivity index (χ1n) is 16.1. The molecular weight excluding hydrogens is 650 g/mol. The first-order valence-corrected chi connectivity index (χ1v) is 17.0. The van der Waals surface area contributed by atoms with E-state index in [0.717, 1.165) is 50.3 Å². The van der Waals surface area contributed by atoms with Crippen LogP contribution in [0.5, 0.6) is 0 Å². The van der Waals surface area contributed by atoms with Gasteiger partial charge in [-0.2, -0.15) is 26.3 Å². The molecule has 0 radical (unpaired) electrons. The van der Waals surface area contributed by atoms with Crippen molar-refractivity contribution in [2.45, 2.75) is 69.5 Å². The molecule has 0 bridgehead atoms. The number of imidazole rings is 1. The number of likely N-dealkylation sites (tertiary alicyclic amines) is 2. The minimum absolute atomic E-state index is 0.0616. The number of benzene rings is 2. The zero-order chi connectivity index (χ0) is 33.6. The highest BCUT2D eigenvalue weighted by Gasteiger charge is 2.40. The Hall–Kier alpha value is -3.90. The SMILES string of the molecule is O=C(c1cc(C(F)(F)F)cc(C(F)(F)F)c1)N1CCC(N2CCC(=C3c4sccc4CCn4ccnc43)CC2)CC1Cc1ccccc1. The Kier molecular flexibility index (Phi) is 8.74. The highest BCUT2D eigenvalue weighted by atomic mass is 32.1. The van der Waals surface area contributed by atoms with Gasteiger partial charge in [-0.1, -0.05) is 35.9 Å². The van der Waals surface area contributed by atoms with Gasteiger partial charge in [0.2, 0.25) is 0 Å². The fourth-order valence-corrected chi connectivity index (χ4v) is 8.54. The van der Waals surface area contributed by atoms with E-state index < -0.39 is 41.0 Å². The summed E-state index contributed by atoms with van der Waals surface area (Å²) in [5.74, 6) is 0.199. The Balaban J connectivity index is 1.13. The molecule has 2 fully saturated rings. The van der Waals surface area contributed by atoms with Crippen molar-refractivity contribution in [3.8, 4) is 0 Å². The molecule has 2 saturated heterocycles. The minimum Gasteiger partial charge on any atom is -0.335 e. The molecular formula is C36H34F6N4OS. The predicted molar refractivity (Wildman–Crippen MR) is 172 cm³/mol. The smallest absolute Gasteiger partial charge is 0.335 e. The zero-order valence-electron chi connectivity index (χ0n) is 26.0. The van der Waals surface area contributed by atoms with Crippen LogP contribution in [0.1, 0.15) is 69.0 Å². The second-order valence-electron chi connectivity index (χ2n) is 12.8. The first-order chi connectivity index (χ1) is 23.0. The van der Waals surface area contributed by atoms with Gasteiger partial charge in [-0.05, 0) is 79.3 Å². The second kappa shape index (κ2) is 12.9. The summed E-state index contributed by atoms with van der Waals surface area (Å²) in [6.45, 7) is 2.76. The fourth-order valence-electron chi connectivity index (χ4n) is 7.49. The van der Waals surface area contributed by atoms with Gasteiger partial charge in [0.05, 0.1) is 11.1 Å². The van der Waals surface area contributed by atoms with Crippen LogP contribution >= 0.6 is 11.3 Å². The largest absolute Gasteiger partial charge is 0.416 e. The summed E-state index contributed by atoms with van der Waals surface area (Å²) in [5, 5.41) is 2.14. The monoisotopic (exact) mass is 684 g/mol. The standard InChI is InChI=1S/C36H34F6N4OS/c37-35(38,39)27-19-26(20-28(21-27)36(40,41)42)34(47)46-15-9-29(22-30(46)18-23-4-2-1-3-5-23)44-12-6-24(7-13-44)31-32-25(10-17-48-32)8-14-45-16-11-43-33(31)45/h1-5,10-11,16-17,19-21,29-30H,6-9,12-15,18,22H2. The van der Waals surface area contributed by atoms with E-state index in [1.807, 2.05) is 42.7 Å². The second-order valence-corrected chi connectivity index (χ2v) is 13.7. The molecule has 1 amide bonds. The van der Waals surface area contributed by atoms with Crippen LogP contribution in [0.25, 0.3) is 5.57 Å². The number of thiophene rings is 1. The molecule has 0 aliphatic carbocycles. The number of carbonyl (C=O) groups excluding carboxylic acids is 1. The van der Waals surface area contributed by atoms with Crippen LogP contribution in [0.4, 0.5) is 26.3 Å². The van der Waals surface area contributed by atoms with Crippen molar-refractivity contribution < 1.29 is 31.1 Å². The van der Waals surface area contributed by atoms with Gasteiger partial charge in [-0.15, -0.1) is 11.3 Å². The first kappa shape index (κ1) is 32.6. The van der Waals surface area contributed by atoms with Crippen LogP contribution in [0.2, 0.25) is 0 Å². The van der Waals surface area contributed by atoms with Crippen LogP contribution in [0.3, 0.4) is 0 Å². The van der Waals surface area contributed by atoms with Crippen molar-refractivity contribution >= 4 is 22.8 Å². The molecule has 2 unspecified atom stereocenters. The van der Waals surface area contributed by atoms with E-state index in [1.54, 1.807) is 11.3 Å². The molecule has 3 aliphatic rings. The number of hydrogen-bond acceptors (Lipinski definition) is 4. The predicted octanol–water partition coefficient (Wildman–Crippen LogP) is 8.35. The maximum absolute atomic E-state index is 13.8. The van der Waals surface area contributed by atoms with Crippen molar-refractivity contribution in [1.82, 2.24) is 19.4 Å². The Labute approximate surface area is 278 Å². The highest BCUT2D eigenvalue weighted by molar-refractivity contribution is 7.11. The molecule has 0 spiro atoms. The molecule has 7 rings (SSSR count). The van der Waals surface area contributed by atoms with Gasteiger partial charge >= 0.3 is 12.4 Å². The number of halogens is 6. The van der Waals surface area contributed by atoms with Crippen molar-refractivity contribution in [1.29, 1.82) is 0 Å². The highest BCUT2D eigenvalue weighted by Crippen LogP contribution is 2.40. The third-order valence-electron chi connectivity index (χ3n) is 9.90. The van der Waals surface area contributed by atoms with Crippen LogP contribution in [-0.2, 0) is 31.7 Å². The number of amides is 1. The number of nitrogens with zero attached hydrogens (tertiary/aromatic N) is 4. The molecule has 2 atom stereocenters. The molecule has 2 aromatic heterocycles. The summed E-state index contributed by atoms with van der Waals surface area (Å²) in [5.41, 5.74) is 1.34. The van der Waals surface area contributed by atoms with E-state index in [-0.39, 0.29) is 18.7 Å². The number of carbonyl (C=O) groups is 1. The third kappa shape index (κ3) is 6.56. The molecule has 3 aliphatic heterocycles. The van der Waals surface area contributed by atoms with Crippen molar-refractivity contribution in [3.63, 3.8) is 0 Å². The maximum atomic E-state index is 13.8. The summed E-state index contributed by atoms with van der Waals surface area (Å²) in [6, 6.07) is 12.5. The number of piperidine rings is 2. The van der Waals surface area contributed by atoms with E-state index in [1.165, 1.54) is 26.5 Å². The zero-order valence-corrected chi connectivity index (χ0v) is 26.8. The van der Waals surface area contributed by atoms with E-state index in [9.17, 15) is 31.1 Å². The van der Waals surface area contributed by atoms with Crippen molar-refractivity contribution in [2.75, 3.05) is 19.6 Å². The van der Waals surface area contributed by atoms with Crippen molar-refractivity contribution in [3.05, 3.63) is 116 Å². The van der Waals surface area contributed by atoms with E-state index in [2.05, 4.69) is 20.9 Å². The number of aromatic nitrogens is 2. The fraction of sp³-hybridized carbons (Fsp3) is 0.389. The van der Waals surface area contributed by atoms with E-state index >= 15 is 0 Å². The molecule has 12 heteroatoms. The Bertz CT molecular complexity index is 1740. The molecule has 2 aromatic carbocycles. The minimum atomic E-state index is -5.03. The van der Waals surface area contributed by atoms with Crippen LogP contribution < -0.4 is 0 Å². The number of hydrogen-bond donors (Lipinski definition) is 0. The van der Waals surface area contributed by atoms with Gasteiger partial charge in [0.25, 0.3) is 5.91 Å². The lowest BCUT2D eigenvalue weighted by Crippen LogP contribution is -2.53. The van der Waals surface area contributed by atoms with E-state index in [4.69, 9.17) is 4.98 Å². The summed E-state index contributed by atoms with van der Waals surface area (Å²) in [7, 11) is 0. The lowest BCUT2D eigenvalue weighted by Gasteiger charge is -2.45. The lowest BCUT2D eigenvalue weighted by molar-refractivity contribution is -0.143. The molecule has 5 nitrogen and oxygen atoms in total. The molecule has 48 heavy (non-hydrogen) atoms. The van der Waals surface area contributed by atoms with Crippen LogP contribution in [0.15, 0.2) is 77.9 Å². The third-order valence-corrected chi connectivity index (χ3v) is 10.9. The average molecular weight is 685 g/mol. The van der Waals surface area contributed by atoms with Gasteiger partial charge in [0.15, 0.2) is 0 Å². The van der Waals surface area contributed by atoms with E-state index in [0.29, 0.717) is 31.4 Å². The van der Waals surface area contributed by atoms with Gasteiger partial charge < -0.3 is 9.47 Å². The lowest BCUT2D eigenvalue weighted by atomic mass is 9.88. The van der Waals surface area contributed by atoms with Gasteiger partial charge in [0.1, 0.15) is 5.82 Å². The molecule has 4 aromatic rings. The molecule has 252 valence electrons. The summed E-state index contributed by atoms with van der Waals surface area (Å²) in [6.07, 6.45) is -1.89. The van der Waals surface area contributed by atoms with Gasteiger partial charge in [-0.3, -0.25) is 9.69 Å². The number of alkyl halides is 6.